The van der Waals surface area contributed by atoms with Crippen LogP contribution in [0.2, 0.25) is 0 Å². The molecule has 0 atom stereocenters. The van der Waals surface area contributed by atoms with E-state index in [0.717, 1.165) is 6.42 Å². The molecular formula is C21H26. The molecule has 0 saturated heterocycles. The third-order valence-corrected chi connectivity index (χ3v) is 3.02. The second-order valence-corrected chi connectivity index (χ2v) is 5.14. The third kappa shape index (κ3) is 7.31. The van der Waals surface area contributed by atoms with Gasteiger partial charge in [-0.15, -0.1) is 0 Å². The van der Waals surface area contributed by atoms with Crippen molar-refractivity contribution >= 4 is 12.2 Å². The number of hydrogen-bond donors (Lipinski definition) is 0. The Bertz CT molecular complexity index is 571. The van der Waals surface area contributed by atoms with Gasteiger partial charge in [-0.1, -0.05) is 90.9 Å². The average molecular weight is 278 g/mol. The molecule has 0 nitrogen and oxygen atoms in total. The van der Waals surface area contributed by atoms with E-state index in [4.69, 9.17) is 0 Å². The van der Waals surface area contributed by atoms with Crippen molar-refractivity contribution in [3.8, 4) is 0 Å². The minimum absolute atomic E-state index is 1.11. The van der Waals surface area contributed by atoms with Crippen LogP contribution in [0.4, 0.5) is 0 Å². The quantitative estimate of drug-likeness (QED) is 0.605. The van der Waals surface area contributed by atoms with Crippen LogP contribution in [-0.2, 0) is 0 Å². The van der Waals surface area contributed by atoms with Crippen molar-refractivity contribution in [2.75, 3.05) is 0 Å². The van der Waals surface area contributed by atoms with Crippen LogP contribution in [0.3, 0.4) is 0 Å². The number of benzene rings is 2. The molecular weight excluding hydrogens is 252 g/mol. The fourth-order valence-corrected chi connectivity index (χ4v) is 1.90. The van der Waals surface area contributed by atoms with Gasteiger partial charge in [-0.3, -0.25) is 0 Å². The van der Waals surface area contributed by atoms with Gasteiger partial charge < -0.3 is 0 Å². The molecule has 0 aliphatic heterocycles. The molecule has 0 fully saturated rings. The fourth-order valence-electron chi connectivity index (χ4n) is 1.90. The van der Waals surface area contributed by atoms with Crippen molar-refractivity contribution in [2.45, 2.75) is 34.1 Å². The average Bonchev–Trinajstić information content (AvgIpc) is 2.49. The highest BCUT2D eigenvalue weighted by molar-refractivity contribution is 5.50. The molecule has 0 aliphatic rings. The molecule has 110 valence electrons. The van der Waals surface area contributed by atoms with Crippen molar-refractivity contribution in [1.82, 2.24) is 0 Å². The van der Waals surface area contributed by atoms with Crippen molar-refractivity contribution in [3.05, 3.63) is 82.9 Å². The summed E-state index contributed by atoms with van der Waals surface area (Å²) in [6.45, 7) is 8.38. The van der Waals surface area contributed by atoms with Crippen LogP contribution >= 0.6 is 0 Å². The van der Waals surface area contributed by atoms with Gasteiger partial charge >= 0.3 is 0 Å². The minimum Gasteiger partial charge on any atom is -0.0871 e. The fraction of sp³-hybridized carbons (Fsp3) is 0.238. The summed E-state index contributed by atoms with van der Waals surface area (Å²) in [6, 6.07) is 17.0. The molecule has 0 unspecified atom stereocenters. The number of hydrogen-bond acceptors (Lipinski definition) is 0. The van der Waals surface area contributed by atoms with E-state index in [0.29, 0.717) is 0 Å². The smallest absolute Gasteiger partial charge is 0.0257 e. The van der Waals surface area contributed by atoms with Crippen molar-refractivity contribution < 1.29 is 0 Å². The van der Waals surface area contributed by atoms with E-state index < -0.39 is 0 Å². The lowest BCUT2D eigenvalue weighted by molar-refractivity contribution is 1.23. The molecule has 2 aromatic rings. The topological polar surface area (TPSA) is 0 Å². The normalized spacial score (nSPS) is 10.7. The maximum atomic E-state index is 2.19. The number of rotatable bonds is 3. The van der Waals surface area contributed by atoms with Gasteiger partial charge in [0.25, 0.3) is 0 Å². The van der Waals surface area contributed by atoms with E-state index in [1.807, 2.05) is 13.0 Å². The van der Waals surface area contributed by atoms with Crippen molar-refractivity contribution in [2.24, 2.45) is 0 Å². The Morgan fingerprint density at radius 1 is 0.810 bits per heavy atom. The Morgan fingerprint density at radius 3 is 2.10 bits per heavy atom. The van der Waals surface area contributed by atoms with Gasteiger partial charge in [-0.05, 0) is 38.3 Å². The molecule has 0 aromatic heterocycles. The predicted octanol–water partition coefficient (Wildman–Crippen LogP) is 6.45. The van der Waals surface area contributed by atoms with Gasteiger partial charge in [0.05, 0.1) is 0 Å². The third-order valence-electron chi connectivity index (χ3n) is 3.02. The Labute approximate surface area is 129 Å². The lowest BCUT2D eigenvalue weighted by Crippen LogP contribution is -1.73. The van der Waals surface area contributed by atoms with Crippen LogP contribution in [0.15, 0.2) is 60.7 Å². The summed E-state index contributed by atoms with van der Waals surface area (Å²) in [5, 5.41) is 0. The number of allylic oxidation sites excluding steroid dienone is 2. The molecule has 21 heavy (non-hydrogen) atoms. The monoisotopic (exact) mass is 278 g/mol. The van der Waals surface area contributed by atoms with E-state index >= 15 is 0 Å². The second kappa shape index (κ2) is 9.77. The molecule has 0 radical (unpaired) electrons. The lowest BCUT2D eigenvalue weighted by atomic mass is 10.1. The van der Waals surface area contributed by atoms with E-state index in [1.54, 1.807) is 0 Å². The zero-order chi connectivity index (χ0) is 15.5. The summed E-state index contributed by atoms with van der Waals surface area (Å²) in [5.41, 5.74) is 5.21. The molecule has 0 N–H and O–H groups in total. The molecule has 0 spiro atoms. The highest BCUT2D eigenvalue weighted by Gasteiger charge is 1.85. The summed E-state index contributed by atoms with van der Waals surface area (Å²) in [4.78, 5) is 0. The highest BCUT2D eigenvalue weighted by Crippen LogP contribution is 2.06. The predicted molar refractivity (Wildman–Crippen MR) is 96.4 cm³/mol. The number of aryl methyl sites for hydroxylation is 2. The highest BCUT2D eigenvalue weighted by atomic mass is 13.9. The molecule has 0 heterocycles. The zero-order valence-electron chi connectivity index (χ0n) is 13.6. The first-order valence-corrected chi connectivity index (χ1v) is 7.58. The molecule has 0 saturated carbocycles. The van der Waals surface area contributed by atoms with Gasteiger partial charge in [0.1, 0.15) is 0 Å². The molecule has 2 aromatic carbocycles. The van der Waals surface area contributed by atoms with E-state index in [9.17, 15) is 0 Å². The van der Waals surface area contributed by atoms with Crippen LogP contribution < -0.4 is 0 Å². The lowest BCUT2D eigenvalue weighted by Gasteiger charge is -1.93. The van der Waals surface area contributed by atoms with Crippen LogP contribution in [0.1, 0.15) is 42.5 Å². The van der Waals surface area contributed by atoms with Crippen molar-refractivity contribution in [3.63, 3.8) is 0 Å². The first-order chi connectivity index (χ1) is 10.2. The summed E-state index contributed by atoms with van der Waals surface area (Å²) in [6.07, 6.45) is 9.58. The Hall–Kier alpha value is -2.08. The minimum atomic E-state index is 1.11. The van der Waals surface area contributed by atoms with Crippen LogP contribution in [0.25, 0.3) is 12.2 Å². The molecule has 0 aliphatic carbocycles. The summed E-state index contributed by atoms with van der Waals surface area (Å²) in [7, 11) is 0. The maximum Gasteiger partial charge on any atom is -0.0257 e. The van der Waals surface area contributed by atoms with E-state index in [1.165, 1.54) is 22.3 Å². The molecule has 0 amide bonds. The first kappa shape index (κ1) is 17.0. The van der Waals surface area contributed by atoms with Crippen LogP contribution in [-0.4, -0.2) is 0 Å². The van der Waals surface area contributed by atoms with Crippen LogP contribution in [0.5, 0.6) is 0 Å². The molecule has 0 heteroatoms. The Morgan fingerprint density at radius 2 is 1.52 bits per heavy atom. The Kier molecular flexibility index (Phi) is 7.89. The van der Waals surface area contributed by atoms with Gasteiger partial charge in [-0.25, -0.2) is 0 Å². The standard InChI is InChI=1S/C11H14.C10H12/c1-3-4-7-11-8-5-6-10(2)9-11;1-3-4-10-7-5-9(2)6-8-10/h4-9H,3H2,1-2H3;3-8H,1-2H3. The van der Waals surface area contributed by atoms with Gasteiger partial charge in [0, 0.05) is 0 Å². The van der Waals surface area contributed by atoms with Crippen LogP contribution in [0, 0.1) is 13.8 Å². The van der Waals surface area contributed by atoms with Gasteiger partial charge in [-0.2, -0.15) is 0 Å². The zero-order valence-corrected chi connectivity index (χ0v) is 13.6. The summed E-state index contributed by atoms with van der Waals surface area (Å²) >= 11 is 0. The maximum absolute atomic E-state index is 2.19. The first-order valence-electron chi connectivity index (χ1n) is 7.58. The SMILES string of the molecule is CC=Cc1ccc(C)cc1.CCC=Cc1cccc(C)c1. The van der Waals surface area contributed by atoms with Crippen molar-refractivity contribution in [1.29, 1.82) is 0 Å². The largest absolute Gasteiger partial charge is 0.0871 e. The Balaban J connectivity index is 0.000000211. The van der Waals surface area contributed by atoms with E-state index in [-0.39, 0.29) is 0 Å². The van der Waals surface area contributed by atoms with E-state index in [2.05, 4.69) is 87.5 Å². The molecule has 2 rings (SSSR count). The second-order valence-electron chi connectivity index (χ2n) is 5.14. The van der Waals surface area contributed by atoms with Gasteiger partial charge in [0.2, 0.25) is 0 Å². The van der Waals surface area contributed by atoms with Gasteiger partial charge in [0.15, 0.2) is 0 Å². The summed E-state index contributed by atoms with van der Waals surface area (Å²) < 4.78 is 0. The molecule has 0 bridgehead atoms. The summed E-state index contributed by atoms with van der Waals surface area (Å²) in [5.74, 6) is 0.